The molecule has 140 valence electrons. The van der Waals surface area contributed by atoms with Crippen LogP contribution < -0.4 is 5.46 Å². The molecule has 2 heterocycles. The van der Waals surface area contributed by atoms with Gasteiger partial charge in [-0.05, 0) is 46.2 Å². The van der Waals surface area contributed by atoms with Crippen molar-refractivity contribution in [3.05, 3.63) is 35.1 Å². The summed E-state index contributed by atoms with van der Waals surface area (Å²) in [6.07, 6.45) is 1.87. The van der Waals surface area contributed by atoms with Crippen molar-refractivity contribution in [3.8, 4) is 11.1 Å². The SMILES string of the molecule is COCCn1ncc(-c2ccc(B3OC(C)(C)C(C)(C)O3)c(Cl)c2)c1C. The van der Waals surface area contributed by atoms with Gasteiger partial charge in [-0.25, -0.2) is 0 Å². The average molecular weight is 377 g/mol. The Hall–Kier alpha value is -1.34. The van der Waals surface area contributed by atoms with Gasteiger partial charge in [-0.3, -0.25) is 4.68 Å². The molecule has 0 unspecified atom stereocenters. The highest BCUT2D eigenvalue weighted by Gasteiger charge is 2.52. The van der Waals surface area contributed by atoms with E-state index in [0.29, 0.717) is 11.6 Å². The monoisotopic (exact) mass is 376 g/mol. The van der Waals surface area contributed by atoms with Crippen LogP contribution in [0.1, 0.15) is 33.4 Å². The second kappa shape index (κ2) is 7.00. The third-order valence-electron chi connectivity index (χ3n) is 5.43. The highest BCUT2D eigenvalue weighted by Crippen LogP contribution is 2.37. The van der Waals surface area contributed by atoms with Crippen LogP contribution >= 0.6 is 11.6 Å². The van der Waals surface area contributed by atoms with Crippen LogP contribution in [-0.4, -0.2) is 41.8 Å². The van der Waals surface area contributed by atoms with E-state index in [1.54, 1.807) is 7.11 Å². The van der Waals surface area contributed by atoms with E-state index in [9.17, 15) is 0 Å². The molecular formula is C19H26BClN2O3. The number of hydrogen-bond acceptors (Lipinski definition) is 4. The van der Waals surface area contributed by atoms with E-state index in [-0.39, 0.29) is 0 Å². The van der Waals surface area contributed by atoms with Crippen molar-refractivity contribution < 1.29 is 14.0 Å². The molecule has 1 aromatic carbocycles. The van der Waals surface area contributed by atoms with Crippen LogP contribution in [0.25, 0.3) is 11.1 Å². The molecule has 0 bridgehead atoms. The van der Waals surface area contributed by atoms with Crippen molar-refractivity contribution in [1.29, 1.82) is 0 Å². The first kappa shape index (κ1) is 19.4. The first-order valence-electron chi connectivity index (χ1n) is 8.83. The van der Waals surface area contributed by atoms with Crippen LogP contribution in [0.2, 0.25) is 5.02 Å². The summed E-state index contributed by atoms with van der Waals surface area (Å²) in [6.45, 7) is 11.5. The minimum atomic E-state index is -0.466. The van der Waals surface area contributed by atoms with Gasteiger partial charge >= 0.3 is 7.12 Å². The van der Waals surface area contributed by atoms with Gasteiger partial charge in [0.15, 0.2) is 0 Å². The Balaban J connectivity index is 1.86. The number of hydrogen-bond donors (Lipinski definition) is 0. The molecule has 1 aromatic heterocycles. The van der Waals surface area contributed by atoms with Gasteiger partial charge in [-0.1, -0.05) is 23.7 Å². The molecule has 0 spiro atoms. The summed E-state index contributed by atoms with van der Waals surface area (Å²) in [4.78, 5) is 0. The largest absolute Gasteiger partial charge is 0.496 e. The number of halogens is 1. The van der Waals surface area contributed by atoms with Crippen molar-refractivity contribution in [2.75, 3.05) is 13.7 Å². The predicted octanol–water partition coefficient (Wildman–Crippen LogP) is 3.46. The van der Waals surface area contributed by atoms with E-state index in [1.165, 1.54) is 0 Å². The molecular weight excluding hydrogens is 350 g/mol. The van der Waals surface area contributed by atoms with E-state index in [4.69, 9.17) is 25.6 Å². The molecule has 0 amide bonds. The van der Waals surface area contributed by atoms with Gasteiger partial charge in [-0.2, -0.15) is 5.10 Å². The predicted molar refractivity (Wildman–Crippen MR) is 105 cm³/mol. The molecule has 1 saturated heterocycles. The van der Waals surface area contributed by atoms with E-state index < -0.39 is 18.3 Å². The van der Waals surface area contributed by atoms with Crippen molar-refractivity contribution in [1.82, 2.24) is 9.78 Å². The Morgan fingerprint density at radius 3 is 2.42 bits per heavy atom. The van der Waals surface area contributed by atoms with Crippen LogP contribution in [0.4, 0.5) is 0 Å². The van der Waals surface area contributed by atoms with Crippen LogP contribution in [0.3, 0.4) is 0 Å². The lowest BCUT2D eigenvalue weighted by Crippen LogP contribution is -2.41. The summed E-state index contributed by atoms with van der Waals surface area (Å²) < 4.78 is 19.3. The molecule has 1 fully saturated rings. The number of nitrogens with zero attached hydrogens (tertiary/aromatic N) is 2. The molecule has 0 saturated carbocycles. The van der Waals surface area contributed by atoms with Crippen LogP contribution in [0.15, 0.2) is 24.4 Å². The summed E-state index contributed by atoms with van der Waals surface area (Å²) in [5, 5.41) is 5.07. The Kier molecular flexibility index (Phi) is 5.23. The molecule has 0 N–H and O–H groups in total. The van der Waals surface area contributed by atoms with E-state index in [0.717, 1.165) is 28.8 Å². The second-order valence-electron chi connectivity index (χ2n) is 7.68. The number of ether oxygens (including phenoxy) is 1. The molecule has 0 aliphatic carbocycles. The fourth-order valence-corrected chi connectivity index (χ4v) is 3.26. The number of methoxy groups -OCH3 is 1. The second-order valence-corrected chi connectivity index (χ2v) is 8.09. The maximum absolute atomic E-state index is 6.58. The fraction of sp³-hybridized carbons (Fsp3) is 0.526. The third-order valence-corrected chi connectivity index (χ3v) is 5.76. The lowest BCUT2D eigenvalue weighted by Gasteiger charge is -2.32. The normalized spacial score (nSPS) is 18.5. The minimum absolute atomic E-state index is 0.390. The molecule has 0 radical (unpaired) electrons. The summed E-state index contributed by atoms with van der Waals surface area (Å²) in [6, 6.07) is 5.97. The highest BCUT2D eigenvalue weighted by molar-refractivity contribution is 6.65. The molecule has 1 aliphatic heterocycles. The Bertz CT molecular complexity index is 788. The zero-order chi connectivity index (χ0) is 19.1. The zero-order valence-corrected chi connectivity index (χ0v) is 17.1. The summed E-state index contributed by atoms with van der Waals surface area (Å²) in [5.41, 5.74) is 3.23. The van der Waals surface area contributed by atoms with E-state index in [1.807, 2.05) is 63.7 Å². The van der Waals surface area contributed by atoms with Gasteiger partial charge < -0.3 is 14.0 Å². The molecule has 1 aliphatic rings. The Labute approximate surface area is 160 Å². The zero-order valence-electron chi connectivity index (χ0n) is 16.3. The molecule has 7 heteroatoms. The fourth-order valence-electron chi connectivity index (χ4n) is 2.99. The standard InChI is InChI=1S/C19H26BClN2O3/c1-13-15(12-22-23(13)9-10-24-6)14-7-8-16(17(21)11-14)20-25-18(2,3)19(4,5)26-20/h7-8,11-12H,9-10H2,1-6H3. The maximum atomic E-state index is 6.58. The van der Waals surface area contributed by atoms with Crippen molar-refractivity contribution >= 4 is 24.2 Å². The highest BCUT2D eigenvalue weighted by atomic mass is 35.5. The Morgan fingerprint density at radius 2 is 1.85 bits per heavy atom. The molecule has 26 heavy (non-hydrogen) atoms. The lowest BCUT2D eigenvalue weighted by atomic mass is 9.78. The van der Waals surface area contributed by atoms with Crippen LogP contribution in [0, 0.1) is 6.92 Å². The lowest BCUT2D eigenvalue weighted by molar-refractivity contribution is 0.00578. The van der Waals surface area contributed by atoms with Crippen molar-refractivity contribution in [2.45, 2.75) is 52.4 Å². The number of benzene rings is 1. The summed E-state index contributed by atoms with van der Waals surface area (Å²) >= 11 is 6.58. The van der Waals surface area contributed by atoms with Crippen LogP contribution in [0.5, 0.6) is 0 Å². The first-order valence-corrected chi connectivity index (χ1v) is 9.21. The third kappa shape index (κ3) is 3.43. The van der Waals surface area contributed by atoms with Gasteiger partial charge in [0.2, 0.25) is 0 Å². The Morgan fingerprint density at radius 1 is 1.19 bits per heavy atom. The average Bonchev–Trinajstić information content (AvgIpc) is 3.01. The molecule has 3 rings (SSSR count). The number of rotatable bonds is 5. The number of aromatic nitrogens is 2. The topological polar surface area (TPSA) is 45.5 Å². The van der Waals surface area contributed by atoms with Gasteiger partial charge in [0.1, 0.15) is 0 Å². The van der Waals surface area contributed by atoms with Gasteiger partial charge in [-0.15, -0.1) is 0 Å². The van der Waals surface area contributed by atoms with Gasteiger partial charge in [0.05, 0.1) is 30.6 Å². The quantitative estimate of drug-likeness (QED) is 0.750. The van der Waals surface area contributed by atoms with Gasteiger partial charge in [0.25, 0.3) is 0 Å². The minimum Gasteiger partial charge on any atom is -0.399 e. The smallest absolute Gasteiger partial charge is 0.399 e. The molecule has 5 nitrogen and oxygen atoms in total. The maximum Gasteiger partial charge on any atom is 0.496 e. The van der Waals surface area contributed by atoms with E-state index in [2.05, 4.69) is 5.10 Å². The van der Waals surface area contributed by atoms with Crippen molar-refractivity contribution in [2.24, 2.45) is 0 Å². The van der Waals surface area contributed by atoms with E-state index >= 15 is 0 Å². The molecule has 0 atom stereocenters. The first-order chi connectivity index (χ1) is 12.2. The summed E-state index contributed by atoms with van der Waals surface area (Å²) in [7, 11) is 1.22. The van der Waals surface area contributed by atoms with Crippen molar-refractivity contribution in [3.63, 3.8) is 0 Å². The summed E-state index contributed by atoms with van der Waals surface area (Å²) in [5.74, 6) is 0. The molecule has 2 aromatic rings. The van der Waals surface area contributed by atoms with Gasteiger partial charge in [0, 0.05) is 28.9 Å². The van der Waals surface area contributed by atoms with Crippen LogP contribution in [-0.2, 0) is 20.6 Å².